The van der Waals surface area contributed by atoms with Crippen molar-refractivity contribution in [2.75, 3.05) is 0 Å². The Labute approximate surface area is 192 Å². The highest BCUT2D eigenvalue weighted by Gasteiger charge is 2.54. The topological polar surface area (TPSA) is 55.1 Å². The molecule has 3 N–H and O–H groups in total. The summed E-state index contributed by atoms with van der Waals surface area (Å²) in [5.41, 5.74) is 5.49. The molecule has 176 valence electrons. The summed E-state index contributed by atoms with van der Waals surface area (Å²) in [6.45, 7) is 0. The van der Waals surface area contributed by atoms with Crippen LogP contribution in [0.1, 0.15) is 17.0 Å². The quantitative estimate of drug-likeness (QED) is 0.468. The molecule has 11 heteroatoms. The van der Waals surface area contributed by atoms with Crippen molar-refractivity contribution < 1.29 is 35.5 Å². The Kier molecular flexibility index (Phi) is 7.32. The molecule has 3 rings (SSSR count). The molecular weight excluding hydrogens is 521 g/mol. The van der Waals surface area contributed by atoms with Gasteiger partial charge >= 0.3 is 6.18 Å². The molecule has 1 aliphatic carbocycles. The number of hydrogen-bond donors (Lipinski definition) is 2. The molecule has 0 saturated heterocycles. The first-order chi connectivity index (χ1) is 15.4. The maximum absolute atomic E-state index is 14.3. The number of carbonyl (C=O) groups excluding carboxylic acids is 1. The maximum Gasteiger partial charge on any atom is 0.401 e. The minimum Gasteiger partial charge on any atom is -0.320 e. The largest absolute Gasteiger partial charge is 0.401 e. The number of nitrogens with two attached hydrogens (primary N) is 1. The predicted molar refractivity (Wildman–Crippen MR) is 110 cm³/mol. The van der Waals surface area contributed by atoms with Gasteiger partial charge in [0.2, 0.25) is 5.91 Å². The van der Waals surface area contributed by atoms with Gasteiger partial charge in [-0.15, -0.1) is 0 Å². The molecule has 3 nitrogen and oxygen atoms in total. The van der Waals surface area contributed by atoms with Crippen LogP contribution >= 0.6 is 15.9 Å². The zero-order valence-corrected chi connectivity index (χ0v) is 18.1. The van der Waals surface area contributed by atoms with Crippen LogP contribution in [0.4, 0.5) is 30.7 Å². The zero-order valence-electron chi connectivity index (χ0n) is 16.5. The fraction of sp³-hybridized carbons (Fsp3) is 0.227. The molecule has 33 heavy (non-hydrogen) atoms. The van der Waals surface area contributed by atoms with Crippen molar-refractivity contribution in [2.24, 2.45) is 11.7 Å². The standard InChI is InChI=1S/C22H16BrF7N2O/c23-12-8-6-11(7-9-12)13(10-4-2-1-3-5-10)19(31)21(33)32-20-17(26)15(24)14(22(28,29)30)16(25)18(20)27/h1-9,13-15,19H,31H2,(H,32,33). The van der Waals surface area contributed by atoms with E-state index in [1.807, 2.05) is 0 Å². The molecule has 0 aromatic heterocycles. The molecule has 2 aromatic rings. The Hall–Kier alpha value is -2.66. The number of allylic oxidation sites excluding steroid dienone is 3. The first-order valence-corrected chi connectivity index (χ1v) is 10.3. The number of halogens is 8. The summed E-state index contributed by atoms with van der Waals surface area (Å²) in [7, 11) is 0. The summed E-state index contributed by atoms with van der Waals surface area (Å²) in [6.07, 6.45) is -9.14. The van der Waals surface area contributed by atoms with Crippen LogP contribution in [-0.2, 0) is 4.79 Å². The molecule has 1 amide bonds. The van der Waals surface area contributed by atoms with Gasteiger partial charge in [-0.3, -0.25) is 4.79 Å². The number of hydrogen-bond acceptors (Lipinski definition) is 2. The van der Waals surface area contributed by atoms with E-state index >= 15 is 0 Å². The van der Waals surface area contributed by atoms with E-state index in [0.717, 1.165) is 4.47 Å². The van der Waals surface area contributed by atoms with Gasteiger partial charge in [0, 0.05) is 10.4 Å². The zero-order chi connectivity index (χ0) is 24.5. The van der Waals surface area contributed by atoms with Crippen LogP contribution < -0.4 is 11.1 Å². The van der Waals surface area contributed by atoms with Crippen molar-refractivity contribution >= 4 is 21.8 Å². The van der Waals surface area contributed by atoms with E-state index in [1.165, 1.54) is 0 Å². The van der Waals surface area contributed by atoms with E-state index < -0.39 is 59.3 Å². The first-order valence-electron chi connectivity index (χ1n) is 9.46. The van der Waals surface area contributed by atoms with Crippen LogP contribution in [0.2, 0.25) is 0 Å². The number of alkyl halides is 4. The Balaban J connectivity index is 1.95. The van der Waals surface area contributed by atoms with E-state index in [9.17, 15) is 35.5 Å². The SMILES string of the molecule is NC(C(=O)NC1=C(F)C(F)C(C(F)(F)F)C(F)=C1F)C(c1ccccc1)c1ccc(Br)cc1. The van der Waals surface area contributed by atoms with Crippen LogP contribution in [0.15, 0.2) is 82.2 Å². The van der Waals surface area contributed by atoms with E-state index in [1.54, 1.807) is 59.9 Å². The van der Waals surface area contributed by atoms with Gasteiger partial charge in [-0.25, -0.2) is 17.6 Å². The molecule has 1 aliphatic rings. The summed E-state index contributed by atoms with van der Waals surface area (Å²) < 4.78 is 95.7. The Morgan fingerprint density at radius 1 is 0.939 bits per heavy atom. The Morgan fingerprint density at radius 2 is 1.48 bits per heavy atom. The van der Waals surface area contributed by atoms with Gasteiger partial charge in [0.05, 0.1) is 6.04 Å². The lowest BCUT2D eigenvalue weighted by molar-refractivity contribution is -0.183. The minimum atomic E-state index is -5.58. The van der Waals surface area contributed by atoms with Crippen molar-refractivity contribution in [3.63, 3.8) is 0 Å². The van der Waals surface area contributed by atoms with Gasteiger partial charge in [0.15, 0.2) is 23.7 Å². The molecule has 4 unspecified atom stereocenters. The van der Waals surface area contributed by atoms with Gasteiger partial charge in [0.25, 0.3) is 0 Å². The molecule has 0 aliphatic heterocycles. The lowest BCUT2D eigenvalue weighted by Crippen LogP contribution is -2.46. The van der Waals surface area contributed by atoms with Crippen LogP contribution in [-0.4, -0.2) is 24.3 Å². The van der Waals surface area contributed by atoms with Gasteiger partial charge in [0.1, 0.15) is 11.6 Å². The second-order valence-electron chi connectivity index (χ2n) is 7.26. The molecule has 2 aromatic carbocycles. The minimum absolute atomic E-state index is 0.535. The molecule has 0 spiro atoms. The molecule has 0 bridgehead atoms. The summed E-state index contributed by atoms with van der Waals surface area (Å²) >= 11 is 3.27. The molecule has 0 saturated carbocycles. The van der Waals surface area contributed by atoms with Gasteiger partial charge in [-0.05, 0) is 23.3 Å². The summed E-state index contributed by atoms with van der Waals surface area (Å²) in [4.78, 5) is 12.7. The van der Waals surface area contributed by atoms with E-state index in [0.29, 0.717) is 11.1 Å². The third kappa shape index (κ3) is 5.14. The van der Waals surface area contributed by atoms with Crippen LogP contribution in [0.25, 0.3) is 0 Å². The summed E-state index contributed by atoms with van der Waals surface area (Å²) in [6, 6.07) is 13.4. The fourth-order valence-corrected chi connectivity index (χ4v) is 3.76. The van der Waals surface area contributed by atoms with E-state index in [-0.39, 0.29) is 0 Å². The van der Waals surface area contributed by atoms with Crippen molar-refractivity contribution in [2.45, 2.75) is 24.3 Å². The van der Waals surface area contributed by atoms with Crippen molar-refractivity contribution in [1.82, 2.24) is 5.32 Å². The second-order valence-corrected chi connectivity index (χ2v) is 8.18. The fourth-order valence-electron chi connectivity index (χ4n) is 3.49. The average Bonchev–Trinajstić information content (AvgIpc) is 2.76. The second kappa shape index (κ2) is 9.68. The van der Waals surface area contributed by atoms with E-state index in [2.05, 4.69) is 15.9 Å². The van der Waals surface area contributed by atoms with Crippen molar-refractivity contribution in [3.05, 3.63) is 93.4 Å². The van der Waals surface area contributed by atoms with Crippen molar-refractivity contribution in [1.29, 1.82) is 0 Å². The number of rotatable bonds is 5. The predicted octanol–water partition coefficient (Wildman–Crippen LogP) is 5.89. The molecule has 4 atom stereocenters. The summed E-state index contributed by atoms with van der Waals surface area (Å²) in [5, 5.41) is 1.63. The maximum atomic E-state index is 14.3. The monoisotopic (exact) mass is 536 g/mol. The van der Waals surface area contributed by atoms with Crippen molar-refractivity contribution in [3.8, 4) is 0 Å². The van der Waals surface area contributed by atoms with Gasteiger partial charge in [-0.2, -0.15) is 13.2 Å². The number of carbonyl (C=O) groups is 1. The number of nitrogens with one attached hydrogen (secondary N) is 1. The molecular formula is C22H16BrF7N2O. The van der Waals surface area contributed by atoms with Crippen LogP contribution in [0.5, 0.6) is 0 Å². The lowest BCUT2D eigenvalue weighted by Gasteiger charge is -2.28. The number of amides is 1. The normalized spacial score (nSPS) is 21.1. The molecule has 0 fully saturated rings. The first kappa shape index (κ1) is 25.0. The summed E-state index contributed by atoms with van der Waals surface area (Å²) in [5.74, 6) is -12.9. The average molecular weight is 537 g/mol. The Morgan fingerprint density at radius 3 is 2.03 bits per heavy atom. The Bertz CT molecular complexity index is 1080. The lowest BCUT2D eigenvalue weighted by atomic mass is 9.85. The van der Waals surface area contributed by atoms with Gasteiger partial charge < -0.3 is 11.1 Å². The molecule has 0 radical (unpaired) electrons. The molecule has 0 heterocycles. The third-order valence-electron chi connectivity index (χ3n) is 5.13. The van der Waals surface area contributed by atoms with Crippen LogP contribution in [0, 0.1) is 5.92 Å². The highest BCUT2D eigenvalue weighted by atomic mass is 79.9. The van der Waals surface area contributed by atoms with Gasteiger partial charge in [-0.1, -0.05) is 58.4 Å². The smallest absolute Gasteiger partial charge is 0.320 e. The number of benzene rings is 2. The van der Waals surface area contributed by atoms with Crippen LogP contribution in [0.3, 0.4) is 0 Å². The third-order valence-corrected chi connectivity index (χ3v) is 5.66. The highest BCUT2D eigenvalue weighted by Crippen LogP contribution is 2.46. The van der Waals surface area contributed by atoms with E-state index in [4.69, 9.17) is 5.73 Å². The highest BCUT2D eigenvalue weighted by molar-refractivity contribution is 9.10.